The van der Waals surface area contributed by atoms with Gasteiger partial charge in [-0.05, 0) is 33.3 Å². The van der Waals surface area contributed by atoms with E-state index in [1.165, 1.54) is 16.8 Å². The van der Waals surface area contributed by atoms with Crippen LogP contribution in [0.2, 0.25) is 0 Å². The SMILES string of the molecule is CC(C)(C)OC(=O)N1CC(CNc2cc(C(=O)N3CCCOCC3)ncc2C(=N)c2cnc3c(F)cc(F)cn23)C1. The highest BCUT2D eigenvalue weighted by molar-refractivity contribution is 6.13. The number of hydrogen-bond donors (Lipinski definition) is 2. The van der Waals surface area contributed by atoms with Crippen LogP contribution >= 0.6 is 0 Å². The maximum Gasteiger partial charge on any atom is 0.410 e. The monoisotopic (exact) mass is 569 g/mol. The first kappa shape index (κ1) is 28.4. The highest BCUT2D eigenvalue weighted by Gasteiger charge is 2.34. The van der Waals surface area contributed by atoms with Crippen molar-refractivity contribution < 1.29 is 27.8 Å². The average molecular weight is 570 g/mol. The molecule has 0 spiro atoms. The van der Waals surface area contributed by atoms with Crippen molar-refractivity contribution in [3.05, 3.63) is 59.3 Å². The molecule has 11 nitrogen and oxygen atoms in total. The molecule has 5 rings (SSSR count). The molecule has 2 N–H and O–H groups in total. The normalized spacial score (nSPS) is 16.3. The van der Waals surface area contributed by atoms with Crippen LogP contribution in [0.1, 0.15) is 48.9 Å². The fourth-order valence-electron chi connectivity index (χ4n) is 4.80. The largest absolute Gasteiger partial charge is 0.444 e. The quantitative estimate of drug-likeness (QED) is 0.435. The number of halogens is 2. The summed E-state index contributed by atoms with van der Waals surface area (Å²) in [4.78, 5) is 37.3. The topological polar surface area (TPSA) is 125 Å². The van der Waals surface area contributed by atoms with Gasteiger partial charge in [0.05, 0.1) is 24.2 Å². The van der Waals surface area contributed by atoms with Crippen molar-refractivity contribution in [1.82, 2.24) is 24.2 Å². The van der Waals surface area contributed by atoms with E-state index in [1.54, 1.807) is 15.9 Å². The molecule has 2 saturated heterocycles. The van der Waals surface area contributed by atoms with Gasteiger partial charge >= 0.3 is 6.09 Å². The van der Waals surface area contributed by atoms with Crippen molar-refractivity contribution in [2.45, 2.75) is 32.8 Å². The number of ether oxygens (including phenoxy) is 2. The second kappa shape index (κ2) is 11.4. The number of nitrogens with zero attached hydrogens (tertiary/aromatic N) is 5. The fraction of sp³-hybridized carbons (Fsp3) is 0.464. The zero-order chi connectivity index (χ0) is 29.3. The van der Waals surface area contributed by atoms with Gasteiger partial charge in [0.15, 0.2) is 11.5 Å². The van der Waals surface area contributed by atoms with Gasteiger partial charge in [-0.25, -0.2) is 18.6 Å². The molecular weight excluding hydrogens is 536 g/mol. The Bertz CT molecular complexity index is 1470. The number of pyridine rings is 2. The van der Waals surface area contributed by atoms with E-state index < -0.39 is 17.2 Å². The molecule has 2 aliphatic rings. The minimum Gasteiger partial charge on any atom is -0.444 e. The van der Waals surface area contributed by atoms with Gasteiger partial charge in [-0.3, -0.25) is 19.6 Å². The van der Waals surface area contributed by atoms with Crippen molar-refractivity contribution in [3.63, 3.8) is 0 Å². The molecule has 5 heterocycles. The molecular formula is C28H33F2N7O4. The van der Waals surface area contributed by atoms with E-state index >= 15 is 0 Å². The number of carbonyl (C=O) groups is 2. The Morgan fingerprint density at radius 2 is 1.90 bits per heavy atom. The molecule has 0 unspecified atom stereocenters. The minimum absolute atomic E-state index is 0.0799. The second-order valence-electron chi connectivity index (χ2n) is 11.2. The van der Waals surface area contributed by atoms with Gasteiger partial charge in [-0.1, -0.05) is 0 Å². The summed E-state index contributed by atoms with van der Waals surface area (Å²) in [5.41, 5.74) is 0.373. The summed E-state index contributed by atoms with van der Waals surface area (Å²) in [5.74, 6) is -1.79. The van der Waals surface area contributed by atoms with Gasteiger partial charge in [-0.2, -0.15) is 0 Å². The predicted octanol–water partition coefficient (Wildman–Crippen LogP) is 3.56. The molecule has 218 valence electrons. The van der Waals surface area contributed by atoms with Crippen LogP contribution < -0.4 is 5.32 Å². The van der Waals surface area contributed by atoms with Crippen LogP contribution in [0.3, 0.4) is 0 Å². The van der Waals surface area contributed by atoms with E-state index in [4.69, 9.17) is 14.9 Å². The fourth-order valence-corrected chi connectivity index (χ4v) is 4.80. The van der Waals surface area contributed by atoms with Gasteiger partial charge in [0.1, 0.15) is 17.1 Å². The third-order valence-corrected chi connectivity index (χ3v) is 6.88. The maximum absolute atomic E-state index is 14.3. The Morgan fingerprint density at radius 1 is 1.12 bits per heavy atom. The lowest BCUT2D eigenvalue weighted by atomic mass is 10.00. The molecule has 0 radical (unpaired) electrons. The summed E-state index contributed by atoms with van der Waals surface area (Å²) in [6.07, 6.45) is 4.12. The van der Waals surface area contributed by atoms with Crippen molar-refractivity contribution >= 4 is 29.0 Å². The molecule has 2 amide bonds. The number of amides is 2. The highest BCUT2D eigenvalue weighted by Crippen LogP contribution is 2.25. The lowest BCUT2D eigenvalue weighted by Crippen LogP contribution is -2.53. The molecule has 0 aromatic carbocycles. The molecule has 3 aromatic heterocycles. The summed E-state index contributed by atoms with van der Waals surface area (Å²) >= 11 is 0. The Labute approximate surface area is 236 Å². The van der Waals surface area contributed by atoms with E-state index in [0.717, 1.165) is 18.7 Å². The number of imidazole rings is 1. The summed E-state index contributed by atoms with van der Waals surface area (Å²) in [7, 11) is 0. The first-order valence-electron chi connectivity index (χ1n) is 13.5. The first-order chi connectivity index (χ1) is 19.5. The lowest BCUT2D eigenvalue weighted by Gasteiger charge is -2.40. The van der Waals surface area contributed by atoms with Crippen molar-refractivity contribution in [3.8, 4) is 0 Å². The maximum atomic E-state index is 14.3. The molecule has 0 atom stereocenters. The van der Waals surface area contributed by atoms with Crippen LogP contribution in [0.5, 0.6) is 0 Å². The van der Waals surface area contributed by atoms with E-state index in [2.05, 4.69) is 15.3 Å². The molecule has 41 heavy (non-hydrogen) atoms. The molecule has 13 heteroatoms. The van der Waals surface area contributed by atoms with Gasteiger partial charge in [-0.15, -0.1) is 0 Å². The Kier molecular flexibility index (Phi) is 7.89. The van der Waals surface area contributed by atoms with Crippen molar-refractivity contribution in [2.24, 2.45) is 5.92 Å². The molecule has 3 aromatic rings. The van der Waals surface area contributed by atoms with E-state index in [1.807, 2.05) is 20.8 Å². The number of carbonyl (C=O) groups excluding carboxylic acids is 2. The van der Waals surface area contributed by atoms with E-state index in [-0.39, 0.29) is 40.7 Å². The van der Waals surface area contributed by atoms with Crippen LogP contribution in [0.25, 0.3) is 5.65 Å². The van der Waals surface area contributed by atoms with Crippen LogP contribution in [0.4, 0.5) is 19.3 Å². The van der Waals surface area contributed by atoms with Crippen molar-refractivity contribution in [1.29, 1.82) is 5.41 Å². The summed E-state index contributed by atoms with van der Waals surface area (Å²) in [6, 6.07) is 2.32. The van der Waals surface area contributed by atoms with Gasteiger partial charge in [0.2, 0.25) is 0 Å². The highest BCUT2D eigenvalue weighted by atomic mass is 19.1. The molecule has 2 fully saturated rings. The number of nitrogens with one attached hydrogen (secondary N) is 2. The summed E-state index contributed by atoms with van der Waals surface area (Å²) in [6.45, 7) is 8.89. The molecule has 0 bridgehead atoms. The van der Waals surface area contributed by atoms with Crippen LogP contribution in [0, 0.1) is 23.0 Å². The lowest BCUT2D eigenvalue weighted by molar-refractivity contribution is 0.000831. The van der Waals surface area contributed by atoms with Gasteiger partial charge in [0, 0.05) is 75.0 Å². The number of fused-ring (bicyclic) bond motifs is 1. The van der Waals surface area contributed by atoms with Crippen LogP contribution in [-0.4, -0.2) is 93.4 Å². The van der Waals surface area contributed by atoms with Gasteiger partial charge < -0.3 is 24.6 Å². The predicted molar refractivity (Wildman–Crippen MR) is 146 cm³/mol. The number of anilines is 1. The van der Waals surface area contributed by atoms with Crippen molar-refractivity contribution in [2.75, 3.05) is 51.3 Å². The van der Waals surface area contributed by atoms with Gasteiger partial charge in [0.25, 0.3) is 5.91 Å². The standard InChI is InChI=1S/C28H33F2N7O4/c1-28(2,3)41-27(39)36-14-17(15-36)11-32-21-10-22(26(38)35-5-4-7-40-8-6-35)33-12-19(21)24(31)23-13-34-25-20(30)9-18(29)16-37(23)25/h9-10,12-13,16-17,31H,4-8,11,14-15H2,1-3H3,(H,32,33). The van der Waals surface area contributed by atoms with Crippen LogP contribution in [0.15, 0.2) is 30.7 Å². The number of likely N-dealkylation sites (tertiary alicyclic amines) is 1. The second-order valence-corrected chi connectivity index (χ2v) is 11.2. The number of aromatic nitrogens is 3. The molecule has 2 aliphatic heterocycles. The van der Waals surface area contributed by atoms with E-state index in [0.29, 0.717) is 57.2 Å². The molecule has 0 aliphatic carbocycles. The zero-order valence-electron chi connectivity index (χ0n) is 23.2. The Balaban J connectivity index is 1.39. The smallest absolute Gasteiger partial charge is 0.410 e. The van der Waals surface area contributed by atoms with Crippen LogP contribution in [-0.2, 0) is 9.47 Å². The average Bonchev–Trinajstić information content (AvgIpc) is 3.11. The zero-order valence-corrected chi connectivity index (χ0v) is 23.2. The molecule has 0 saturated carbocycles. The minimum atomic E-state index is -0.845. The third kappa shape index (κ3) is 6.29. The summed E-state index contributed by atoms with van der Waals surface area (Å²) in [5, 5.41) is 12.2. The summed E-state index contributed by atoms with van der Waals surface area (Å²) < 4.78 is 40.4. The van der Waals surface area contributed by atoms with E-state index in [9.17, 15) is 18.4 Å². The number of hydrogen-bond acceptors (Lipinski definition) is 8. The Hall–Kier alpha value is -4.13. The first-order valence-corrected chi connectivity index (χ1v) is 13.5. The number of rotatable bonds is 6. The Morgan fingerprint density at radius 3 is 2.66 bits per heavy atom. The third-order valence-electron chi connectivity index (χ3n) is 6.88.